The first-order chi connectivity index (χ1) is 16.5. The summed E-state index contributed by atoms with van der Waals surface area (Å²) in [4.78, 5) is 19.5. The number of fused-ring (bicyclic) bond motifs is 1. The Labute approximate surface area is 205 Å². The number of rotatable bonds is 10. The van der Waals surface area contributed by atoms with Crippen molar-refractivity contribution in [2.45, 2.75) is 19.8 Å². The van der Waals surface area contributed by atoms with Gasteiger partial charge in [-0.15, -0.1) is 11.3 Å². The summed E-state index contributed by atoms with van der Waals surface area (Å²) in [5.41, 5.74) is 1.75. The van der Waals surface area contributed by atoms with Gasteiger partial charge in [0, 0.05) is 50.7 Å². The first-order valence-corrected chi connectivity index (χ1v) is 12.8. The van der Waals surface area contributed by atoms with Gasteiger partial charge < -0.3 is 24.6 Å². The van der Waals surface area contributed by atoms with Crippen LogP contribution in [-0.2, 0) is 7.05 Å². The second-order valence-electron chi connectivity index (χ2n) is 8.66. The fourth-order valence-electron chi connectivity index (χ4n) is 4.49. The highest BCUT2D eigenvalue weighted by molar-refractivity contribution is 7.20. The average Bonchev–Trinajstić information content (AvgIpc) is 3.43. The average molecular weight is 486 g/mol. The van der Waals surface area contributed by atoms with E-state index in [1.54, 1.807) is 14.2 Å². The number of aromatic nitrogens is 2. The van der Waals surface area contributed by atoms with E-state index in [9.17, 15) is 4.79 Å². The summed E-state index contributed by atoms with van der Waals surface area (Å²) in [5.74, 6) is 1.30. The van der Waals surface area contributed by atoms with Crippen LogP contribution in [0.1, 0.15) is 29.4 Å². The Morgan fingerprint density at radius 3 is 2.44 bits per heavy atom. The lowest BCUT2D eigenvalue weighted by molar-refractivity contribution is 0.0952. The smallest absolute Gasteiger partial charge is 0.261 e. The molecular weight excluding hydrogens is 450 g/mol. The SMILES string of the molecule is CCCN1CCN(CCCNC(=O)c2cc3c(-c4ccc(OC)c(OC)c4)nn(C)c3s2)CC1. The number of benzene rings is 1. The molecule has 8 nitrogen and oxygen atoms in total. The number of nitrogens with zero attached hydrogens (tertiary/aromatic N) is 4. The fourth-order valence-corrected chi connectivity index (χ4v) is 5.48. The van der Waals surface area contributed by atoms with Crippen molar-refractivity contribution in [1.29, 1.82) is 0 Å². The summed E-state index contributed by atoms with van der Waals surface area (Å²) in [7, 11) is 5.15. The van der Waals surface area contributed by atoms with Crippen LogP contribution in [0.3, 0.4) is 0 Å². The summed E-state index contributed by atoms with van der Waals surface area (Å²) >= 11 is 1.47. The number of ether oxygens (including phenoxy) is 2. The Kier molecular flexibility index (Phi) is 8.07. The summed E-state index contributed by atoms with van der Waals surface area (Å²) < 4.78 is 12.6. The van der Waals surface area contributed by atoms with E-state index in [1.807, 2.05) is 36.0 Å². The van der Waals surface area contributed by atoms with Gasteiger partial charge in [-0.05, 0) is 50.2 Å². The van der Waals surface area contributed by atoms with Crippen molar-refractivity contribution in [1.82, 2.24) is 24.9 Å². The Morgan fingerprint density at radius 1 is 1.06 bits per heavy atom. The van der Waals surface area contributed by atoms with Gasteiger partial charge in [0.1, 0.15) is 10.5 Å². The molecule has 9 heteroatoms. The van der Waals surface area contributed by atoms with Gasteiger partial charge in [0.2, 0.25) is 0 Å². The number of piperazine rings is 1. The van der Waals surface area contributed by atoms with Crippen molar-refractivity contribution >= 4 is 27.5 Å². The molecule has 0 radical (unpaired) electrons. The van der Waals surface area contributed by atoms with Gasteiger partial charge in [-0.1, -0.05) is 6.92 Å². The first kappa shape index (κ1) is 24.5. The standard InChI is InChI=1S/C25H35N5O3S/c1-5-10-29-12-14-30(15-13-29)11-6-9-26-24(31)22-17-19-23(27-28(2)25(19)34-22)18-7-8-20(32-3)21(16-18)33-4/h7-8,16-17H,5-6,9-15H2,1-4H3,(H,26,31). The summed E-state index contributed by atoms with van der Waals surface area (Å²) in [6, 6.07) is 7.70. The third kappa shape index (κ3) is 5.37. The van der Waals surface area contributed by atoms with Gasteiger partial charge in [-0.2, -0.15) is 5.10 Å². The summed E-state index contributed by atoms with van der Waals surface area (Å²) in [6.45, 7) is 9.69. The molecule has 1 aliphatic rings. The molecule has 1 aliphatic heterocycles. The lowest BCUT2D eigenvalue weighted by atomic mass is 10.1. The highest BCUT2D eigenvalue weighted by Crippen LogP contribution is 2.37. The van der Waals surface area contributed by atoms with Gasteiger partial charge in [0.05, 0.1) is 19.1 Å². The molecular formula is C25H35N5O3S. The molecule has 0 saturated carbocycles. The quantitative estimate of drug-likeness (QED) is 0.444. The van der Waals surface area contributed by atoms with Crippen molar-refractivity contribution < 1.29 is 14.3 Å². The molecule has 3 aromatic rings. The number of amides is 1. The number of methoxy groups -OCH3 is 2. The third-order valence-electron chi connectivity index (χ3n) is 6.33. The Morgan fingerprint density at radius 2 is 1.76 bits per heavy atom. The van der Waals surface area contributed by atoms with Crippen molar-refractivity contribution in [3.63, 3.8) is 0 Å². The number of hydrogen-bond donors (Lipinski definition) is 1. The zero-order valence-electron chi connectivity index (χ0n) is 20.6. The molecule has 34 heavy (non-hydrogen) atoms. The molecule has 1 N–H and O–H groups in total. The molecule has 0 atom stereocenters. The maximum absolute atomic E-state index is 12.8. The highest BCUT2D eigenvalue weighted by atomic mass is 32.1. The third-order valence-corrected chi connectivity index (χ3v) is 7.53. The number of nitrogens with one attached hydrogen (secondary N) is 1. The molecule has 2 aromatic heterocycles. The van der Waals surface area contributed by atoms with E-state index >= 15 is 0 Å². The predicted octanol–water partition coefficient (Wildman–Crippen LogP) is 3.47. The zero-order valence-corrected chi connectivity index (χ0v) is 21.4. The van der Waals surface area contributed by atoms with E-state index in [4.69, 9.17) is 9.47 Å². The van der Waals surface area contributed by atoms with Crippen molar-refractivity contribution in [2.24, 2.45) is 7.05 Å². The monoisotopic (exact) mass is 485 g/mol. The molecule has 1 fully saturated rings. The Hall–Kier alpha value is -2.62. The number of hydrogen-bond acceptors (Lipinski definition) is 7. The van der Waals surface area contributed by atoms with E-state index in [-0.39, 0.29) is 5.91 Å². The lowest BCUT2D eigenvalue weighted by Crippen LogP contribution is -2.47. The van der Waals surface area contributed by atoms with Gasteiger partial charge in [0.25, 0.3) is 5.91 Å². The van der Waals surface area contributed by atoms with E-state index in [1.165, 1.54) is 24.3 Å². The van der Waals surface area contributed by atoms with Crippen LogP contribution in [0.25, 0.3) is 21.5 Å². The lowest BCUT2D eigenvalue weighted by Gasteiger charge is -2.34. The van der Waals surface area contributed by atoms with E-state index in [2.05, 4.69) is 27.1 Å². The van der Waals surface area contributed by atoms with Crippen LogP contribution in [-0.4, -0.2) is 85.5 Å². The molecule has 0 unspecified atom stereocenters. The summed E-state index contributed by atoms with van der Waals surface area (Å²) in [6.07, 6.45) is 2.18. The molecule has 0 aliphatic carbocycles. The first-order valence-electron chi connectivity index (χ1n) is 12.0. The van der Waals surface area contributed by atoms with E-state index in [0.717, 1.165) is 60.6 Å². The van der Waals surface area contributed by atoms with Gasteiger partial charge in [-0.25, -0.2) is 0 Å². The fraction of sp³-hybridized carbons (Fsp3) is 0.520. The van der Waals surface area contributed by atoms with Crippen LogP contribution in [0.4, 0.5) is 0 Å². The topological polar surface area (TPSA) is 71.9 Å². The van der Waals surface area contributed by atoms with Gasteiger partial charge >= 0.3 is 0 Å². The van der Waals surface area contributed by atoms with E-state index in [0.29, 0.717) is 22.9 Å². The van der Waals surface area contributed by atoms with Crippen LogP contribution in [0.15, 0.2) is 24.3 Å². The van der Waals surface area contributed by atoms with Crippen LogP contribution in [0.5, 0.6) is 11.5 Å². The summed E-state index contributed by atoms with van der Waals surface area (Å²) in [5, 5.41) is 8.75. The molecule has 4 rings (SSSR count). The Bertz CT molecular complexity index is 1120. The normalized spacial score (nSPS) is 15.1. The Balaban J connectivity index is 1.36. The second kappa shape index (κ2) is 11.2. The van der Waals surface area contributed by atoms with Gasteiger partial charge in [-0.3, -0.25) is 9.48 Å². The van der Waals surface area contributed by atoms with Crippen LogP contribution in [0, 0.1) is 0 Å². The molecule has 1 saturated heterocycles. The number of carbonyl (C=O) groups excluding carboxylic acids is 1. The molecule has 1 aromatic carbocycles. The van der Waals surface area contributed by atoms with Crippen molar-refractivity contribution in [2.75, 3.05) is 60.0 Å². The molecule has 1 amide bonds. The molecule has 0 spiro atoms. The zero-order chi connectivity index (χ0) is 24.1. The maximum atomic E-state index is 12.8. The maximum Gasteiger partial charge on any atom is 0.261 e. The van der Waals surface area contributed by atoms with Crippen LogP contribution < -0.4 is 14.8 Å². The molecule has 3 heterocycles. The highest BCUT2D eigenvalue weighted by Gasteiger charge is 2.19. The van der Waals surface area contributed by atoms with E-state index < -0.39 is 0 Å². The minimum Gasteiger partial charge on any atom is -0.493 e. The van der Waals surface area contributed by atoms with Crippen molar-refractivity contribution in [3.05, 3.63) is 29.1 Å². The number of thiophene rings is 1. The second-order valence-corrected chi connectivity index (χ2v) is 9.69. The minimum atomic E-state index is -0.0211. The predicted molar refractivity (Wildman–Crippen MR) is 137 cm³/mol. The van der Waals surface area contributed by atoms with Crippen LogP contribution >= 0.6 is 11.3 Å². The minimum absolute atomic E-state index is 0.0211. The van der Waals surface area contributed by atoms with Gasteiger partial charge in [0.15, 0.2) is 11.5 Å². The number of carbonyl (C=O) groups is 1. The van der Waals surface area contributed by atoms with Crippen molar-refractivity contribution in [3.8, 4) is 22.8 Å². The molecule has 0 bridgehead atoms. The largest absolute Gasteiger partial charge is 0.493 e. The van der Waals surface area contributed by atoms with Crippen LogP contribution in [0.2, 0.25) is 0 Å². The number of aryl methyl sites for hydroxylation is 1. The molecule has 184 valence electrons.